The summed E-state index contributed by atoms with van der Waals surface area (Å²) in [6.07, 6.45) is 0.573. The van der Waals surface area contributed by atoms with Crippen molar-refractivity contribution in [2.24, 2.45) is 11.8 Å². The van der Waals surface area contributed by atoms with E-state index in [4.69, 9.17) is 5.11 Å². The maximum Gasteiger partial charge on any atom is 0.320 e. The Hall–Kier alpha value is -0.610. The molecule has 0 aliphatic rings. The van der Waals surface area contributed by atoms with Gasteiger partial charge in [0.15, 0.2) is 0 Å². The number of carboxylic acid groups (broad SMARTS) is 1. The summed E-state index contributed by atoms with van der Waals surface area (Å²) in [6.45, 7) is 9.82. The molecule has 0 aromatic rings. The number of hydrogen-bond donors (Lipinski definition) is 3. The lowest BCUT2D eigenvalue weighted by Crippen LogP contribution is -2.48. The van der Waals surface area contributed by atoms with Crippen LogP contribution < -0.4 is 5.32 Å². The van der Waals surface area contributed by atoms with Crippen LogP contribution in [0.15, 0.2) is 0 Å². The zero-order valence-electron chi connectivity index (χ0n) is 10.9. The summed E-state index contributed by atoms with van der Waals surface area (Å²) in [5, 5.41) is 21.9. The maximum atomic E-state index is 11.0. The van der Waals surface area contributed by atoms with Crippen LogP contribution in [0.5, 0.6) is 0 Å². The van der Waals surface area contributed by atoms with Crippen molar-refractivity contribution in [3.05, 3.63) is 0 Å². The number of aliphatic hydroxyl groups is 1. The first kappa shape index (κ1) is 15.4. The van der Waals surface area contributed by atoms with Crippen molar-refractivity contribution in [1.29, 1.82) is 0 Å². The first-order valence-corrected chi connectivity index (χ1v) is 5.85. The molecule has 0 aliphatic carbocycles. The quantitative estimate of drug-likeness (QED) is 0.621. The Bertz CT molecular complexity index is 224. The molecule has 0 amide bonds. The lowest BCUT2D eigenvalue weighted by atomic mass is 9.92. The third kappa shape index (κ3) is 5.47. The van der Waals surface area contributed by atoms with Crippen molar-refractivity contribution >= 4 is 5.97 Å². The van der Waals surface area contributed by atoms with Crippen LogP contribution in [0.1, 0.15) is 41.0 Å². The Morgan fingerprint density at radius 2 is 1.81 bits per heavy atom. The van der Waals surface area contributed by atoms with Crippen LogP contribution in [0.25, 0.3) is 0 Å². The highest BCUT2D eigenvalue weighted by molar-refractivity contribution is 5.73. The zero-order valence-corrected chi connectivity index (χ0v) is 10.9. The second kappa shape index (κ2) is 6.21. The summed E-state index contributed by atoms with van der Waals surface area (Å²) in [5.41, 5.74) is -0.870. The molecular formula is C12H25NO3. The van der Waals surface area contributed by atoms with Crippen LogP contribution in [0.3, 0.4) is 0 Å². The van der Waals surface area contributed by atoms with Crippen molar-refractivity contribution in [1.82, 2.24) is 5.32 Å². The predicted octanol–water partition coefficient (Wildman–Crippen LogP) is 1.48. The second-order valence-electron chi connectivity index (χ2n) is 5.41. The van der Waals surface area contributed by atoms with Crippen molar-refractivity contribution in [3.63, 3.8) is 0 Å². The Kier molecular flexibility index (Phi) is 5.97. The Morgan fingerprint density at radius 3 is 2.12 bits per heavy atom. The first-order valence-electron chi connectivity index (χ1n) is 5.85. The highest BCUT2D eigenvalue weighted by atomic mass is 16.4. The van der Waals surface area contributed by atoms with Gasteiger partial charge in [-0.05, 0) is 25.2 Å². The number of carboxylic acids is 1. The van der Waals surface area contributed by atoms with E-state index in [9.17, 15) is 9.90 Å². The van der Waals surface area contributed by atoms with E-state index < -0.39 is 17.6 Å². The van der Waals surface area contributed by atoms with Gasteiger partial charge in [0.25, 0.3) is 0 Å². The zero-order chi connectivity index (χ0) is 12.9. The number of hydrogen-bond acceptors (Lipinski definition) is 3. The fraction of sp³-hybridized carbons (Fsp3) is 0.917. The molecule has 0 heterocycles. The molecule has 4 nitrogen and oxygen atoms in total. The number of aliphatic carboxylic acids is 1. The number of carbonyl (C=O) groups is 1. The molecular weight excluding hydrogens is 206 g/mol. The Balaban J connectivity index is 4.27. The Labute approximate surface area is 98.1 Å². The fourth-order valence-corrected chi connectivity index (χ4v) is 1.28. The molecule has 0 bridgehead atoms. The summed E-state index contributed by atoms with van der Waals surface area (Å²) in [7, 11) is 0. The molecule has 4 heteroatoms. The topological polar surface area (TPSA) is 69.6 Å². The summed E-state index contributed by atoms with van der Waals surface area (Å²) in [5.74, 6) is -0.445. The van der Waals surface area contributed by atoms with Gasteiger partial charge in [-0.15, -0.1) is 0 Å². The molecule has 0 rings (SSSR count). The lowest BCUT2D eigenvalue weighted by molar-refractivity contribution is -0.140. The van der Waals surface area contributed by atoms with E-state index in [0.29, 0.717) is 18.9 Å². The maximum absolute atomic E-state index is 11.0. The highest BCUT2D eigenvalue weighted by Gasteiger charge is 2.27. The summed E-state index contributed by atoms with van der Waals surface area (Å²) >= 11 is 0. The molecule has 3 N–H and O–H groups in total. The van der Waals surface area contributed by atoms with Crippen molar-refractivity contribution in [3.8, 4) is 0 Å². The van der Waals surface area contributed by atoms with E-state index in [-0.39, 0.29) is 5.92 Å². The molecule has 16 heavy (non-hydrogen) atoms. The van der Waals surface area contributed by atoms with Crippen LogP contribution in [-0.2, 0) is 4.79 Å². The molecule has 0 radical (unpaired) electrons. The summed E-state index contributed by atoms with van der Waals surface area (Å²) in [6, 6.07) is -0.578. The molecule has 2 atom stereocenters. The summed E-state index contributed by atoms with van der Waals surface area (Å²) in [4.78, 5) is 11.0. The SMILES string of the molecule is CC(C)CC(NCC(C)(O)C(C)C)C(=O)O. The normalized spacial score (nSPS) is 17.5. The van der Waals surface area contributed by atoms with Gasteiger partial charge in [0.05, 0.1) is 5.60 Å². The number of nitrogens with one attached hydrogen (secondary N) is 1. The largest absolute Gasteiger partial charge is 0.480 e. The molecule has 2 unspecified atom stereocenters. The van der Waals surface area contributed by atoms with Crippen molar-refractivity contribution in [2.45, 2.75) is 52.7 Å². The van der Waals surface area contributed by atoms with Crippen molar-refractivity contribution in [2.75, 3.05) is 6.54 Å². The first-order chi connectivity index (χ1) is 7.16. The van der Waals surface area contributed by atoms with Gasteiger partial charge in [-0.25, -0.2) is 0 Å². The fourth-order valence-electron chi connectivity index (χ4n) is 1.28. The van der Waals surface area contributed by atoms with E-state index in [1.54, 1.807) is 6.92 Å². The molecule has 0 saturated carbocycles. The van der Waals surface area contributed by atoms with Crippen LogP contribution in [0.2, 0.25) is 0 Å². The lowest BCUT2D eigenvalue weighted by Gasteiger charge is -2.30. The third-order valence-electron chi connectivity index (χ3n) is 2.96. The van der Waals surface area contributed by atoms with Gasteiger partial charge in [-0.2, -0.15) is 0 Å². The minimum atomic E-state index is -0.870. The highest BCUT2D eigenvalue weighted by Crippen LogP contribution is 2.15. The smallest absolute Gasteiger partial charge is 0.320 e. The van der Waals surface area contributed by atoms with Gasteiger partial charge in [-0.1, -0.05) is 27.7 Å². The van der Waals surface area contributed by atoms with E-state index in [2.05, 4.69) is 5.32 Å². The van der Waals surface area contributed by atoms with Gasteiger partial charge >= 0.3 is 5.97 Å². The van der Waals surface area contributed by atoms with Gasteiger partial charge in [0.1, 0.15) is 6.04 Å². The Morgan fingerprint density at radius 1 is 1.31 bits per heavy atom. The van der Waals surface area contributed by atoms with Crippen LogP contribution in [0, 0.1) is 11.8 Å². The van der Waals surface area contributed by atoms with Crippen molar-refractivity contribution < 1.29 is 15.0 Å². The molecule has 0 spiro atoms. The van der Waals surface area contributed by atoms with Crippen LogP contribution in [0.4, 0.5) is 0 Å². The van der Waals surface area contributed by atoms with Crippen LogP contribution >= 0.6 is 0 Å². The van der Waals surface area contributed by atoms with Gasteiger partial charge in [0, 0.05) is 6.54 Å². The van der Waals surface area contributed by atoms with Gasteiger partial charge in [-0.3, -0.25) is 4.79 Å². The minimum absolute atomic E-state index is 0.0912. The van der Waals surface area contributed by atoms with E-state index in [0.717, 1.165) is 0 Å². The molecule has 0 aromatic heterocycles. The molecule has 0 aromatic carbocycles. The van der Waals surface area contributed by atoms with E-state index >= 15 is 0 Å². The standard InChI is InChI=1S/C12H25NO3/c1-8(2)6-10(11(14)15)13-7-12(5,16)9(3)4/h8-10,13,16H,6-7H2,1-5H3,(H,14,15). The monoisotopic (exact) mass is 231 g/mol. The molecule has 96 valence electrons. The van der Waals surface area contributed by atoms with Gasteiger partial charge < -0.3 is 15.5 Å². The molecule has 0 fully saturated rings. The minimum Gasteiger partial charge on any atom is -0.480 e. The van der Waals surface area contributed by atoms with Crippen LogP contribution in [-0.4, -0.2) is 34.4 Å². The van der Waals surface area contributed by atoms with E-state index in [1.807, 2.05) is 27.7 Å². The molecule has 0 aliphatic heterocycles. The summed E-state index contributed by atoms with van der Waals surface area (Å²) < 4.78 is 0. The predicted molar refractivity (Wildman–Crippen MR) is 64.3 cm³/mol. The number of rotatable bonds is 7. The third-order valence-corrected chi connectivity index (χ3v) is 2.96. The average Bonchev–Trinajstić information content (AvgIpc) is 2.10. The van der Waals surface area contributed by atoms with E-state index in [1.165, 1.54) is 0 Å². The second-order valence-corrected chi connectivity index (χ2v) is 5.41. The average molecular weight is 231 g/mol. The molecule has 0 saturated heterocycles. The van der Waals surface area contributed by atoms with Gasteiger partial charge in [0.2, 0.25) is 0 Å².